The lowest BCUT2D eigenvalue weighted by atomic mass is 10.1. The Morgan fingerprint density at radius 2 is 2.13 bits per heavy atom. The number of methoxy groups -OCH3 is 1. The van der Waals surface area contributed by atoms with E-state index in [9.17, 15) is 0 Å². The number of aromatic nitrogens is 2. The third-order valence-electron chi connectivity index (χ3n) is 5.28. The monoisotopic (exact) mass is 506 g/mol. The number of hydrogen-bond donors (Lipinski definition) is 1. The predicted molar refractivity (Wildman–Crippen MR) is 126 cm³/mol. The van der Waals surface area contributed by atoms with Crippen LogP contribution in [0.15, 0.2) is 35.1 Å². The van der Waals surface area contributed by atoms with Gasteiger partial charge in [0.1, 0.15) is 24.9 Å². The van der Waals surface area contributed by atoms with Gasteiger partial charge < -0.3 is 24.4 Å². The molecule has 1 aliphatic heterocycles. The van der Waals surface area contributed by atoms with E-state index in [4.69, 9.17) is 25.8 Å². The third kappa shape index (κ3) is 4.87. The van der Waals surface area contributed by atoms with Crippen LogP contribution in [0.2, 0.25) is 5.02 Å². The van der Waals surface area contributed by atoms with Gasteiger partial charge in [-0.3, -0.25) is 0 Å². The van der Waals surface area contributed by atoms with Crippen LogP contribution >= 0.6 is 27.5 Å². The molecule has 7 nitrogen and oxygen atoms in total. The minimum absolute atomic E-state index is 0.0203. The summed E-state index contributed by atoms with van der Waals surface area (Å²) in [5.41, 5.74) is 2.54. The molecule has 1 unspecified atom stereocenters. The normalized spacial score (nSPS) is 17.0. The molecule has 0 spiro atoms. The van der Waals surface area contributed by atoms with E-state index < -0.39 is 0 Å². The van der Waals surface area contributed by atoms with Crippen molar-refractivity contribution < 1.29 is 14.2 Å². The highest BCUT2D eigenvalue weighted by Crippen LogP contribution is 2.37. The van der Waals surface area contributed by atoms with E-state index in [-0.39, 0.29) is 6.10 Å². The molecule has 0 bridgehead atoms. The Morgan fingerprint density at radius 3 is 2.90 bits per heavy atom. The molecule has 1 fully saturated rings. The Balaban J connectivity index is 1.61. The Labute approximate surface area is 194 Å². The van der Waals surface area contributed by atoms with Gasteiger partial charge in [-0.25, -0.2) is 9.97 Å². The summed E-state index contributed by atoms with van der Waals surface area (Å²) >= 11 is 9.83. The van der Waals surface area contributed by atoms with Crippen LogP contribution in [0.1, 0.15) is 5.56 Å². The number of halogens is 2. The fourth-order valence-corrected chi connectivity index (χ4v) is 4.10. The Kier molecular flexibility index (Phi) is 6.81. The lowest BCUT2D eigenvalue weighted by molar-refractivity contribution is -0.0406. The summed E-state index contributed by atoms with van der Waals surface area (Å²) in [4.78, 5) is 11.1. The Bertz CT molecular complexity index is 1100. The second kappa shape index (κ2) is 9.56. The first kappa shape index (κ1) is 22.1. The van der Waals surface area contributed by atoms with Gasteiger partial charge in [-0.2, -0.15) is 0 Å². The Hall–Kier alpha value is -2.13. The highest BCUT2D eigenvalue weighted by molar-refractivity contribution is 9.10. The van der Waals surface area contributed by atoms with Gasteiger partial charge in [0.05, 0.1) is 24.3 Å². The smallest absolute Gasteiger partial charge is 0.163 e. The number of rotatable bonds is 6. The number of anilines is 2. The van der Waals surface area contributed by atoms with Crippen LogP contribution in [0.3, 0.4) is 0 Å². The SMILES string of the molecule is COc1cc2c(Nc3ccc(Br)c(Cl)c3C)ncnc2cc1OCC1CN(C)CCO1. The van der Waals surface area contributed by atoms with Crippen molar-refractivity contribution >= 4 is 49.9 Å². The molecule has 0 saturated carbocycles. The minimum atomic E-state index is 0.0203. The van der Waals surface area contributed by atoms with Gasteiger partial charge in [0, 0.05) is 34.7 Å². The fourth-order valence-electron chi connectivity index (χ4n) is 3.50. The lowest BCUT2D eigenvalue weighted by Crippen LogP contribution is -2.42. The van der Waals surface area contributed by atoms with Gasteiger partial charge in [-0.05, 0) is 53.7 Å². The molecule has 1 aromatic heterocycles. The number of benzene rings is 2. The molecule has 164 valence electrons. The minimum Gasteiger partial charge on any atom is -0.493 e. The van der Waals surface area contributed by atoms with Gasteiger partial charge >= 0.3 is 0 Å². The Morgan fingerprint density at radius 1 is 1.29 bits per heavy atom. The van der Waals surface area contributed by atoms with Crippen LogP contribution in [0.25, 0.3) is 10.9 Å². The van der Waals surface area contributed by atoms with Crippen LogP contribution in [-0.4, -0.2) is 61.4 Å². The van der Waals surface area contributed by atoms with Crippen molar-refractivity contribution in [3.63, 3.8) is 0 Å². The maximum atomic E-state index is 6.37. The van der Waals surface area contributed by atoms with E-state index in [2.05, 4.69) is 43.2 Å². The summed E-state index contributed by atoms with van der Waals surface area (Å²) in [6.07, 6.45) is 1.54. The zero-order chi connectivity index (χ0) is 22.0. The molecular formula is C22H24BrClN4O3. The number of nitrogens with one attached hydrogen (secondary N) is 1. The quantitative estimate of drug-likeness (QED) is 0.513. The standard InChI is InChI=1S/C22H24BrClN4O3/c1-13-17(5-4-16(23)21(13)24)27-22-15-8-19(29-3)20(9-18(15)25-12-26-22)31-11-14-10-28(2)6-7-30-14/h4-5,8-9,12,14H,6-7,10-11H2,1-3H3,(H,25,26,27). The van der Waals surface area contributed by atoms with Crippen molar-refractivity contribution in [2.24, 2.45) is 0 Å². The maximum Gasteiger partial charge on any atom is 0.163 e. The molecule has 1 saturated heterocycles. The fraction of sp³-hybridized carbons (Fsp3) is 0.364. The van der Waals surface area contributed by atoms with Crippen LogP contribution in [0.4, 0.5) is 11.5 Å². The van der Waals surface area contributed by atoms with Crippen LogP contribution in [0.5, 0.6) is 11.5 Å². The number of likely N-dealkylation sites (N-methyl/N-ethyl adjacent to an activating group) is 1. The van der Waals surface area contributed by atoms with Crippen molar-refractivity contribution in [1.29, 1.82) is 0 Å². The van der Waals surface area contributed by atoms with E-state index >= 15 is 0 Å². The highest BCUT2D eigenvalue weighted by atomic mass is 79.9. The van der Waals surface area contributed by atoms with E-state index in [0.717, 1.165) is 39.7 Å². The second-order valence-electron chi connectivity index (χ2n) is 7.47. The molecule has 31 heavy (non-hydrogen) atoms. The largest absolute Gasteiger partial charge is 0.493 e. The van der Waals surface area contributed by atoms with Crippen molar-refractivity contribution in [2.75, 3.05) is 45.8 Å². The van der Waals surface area contributed by atoms with Gasteiger partial charge in [0.25, 0.3) is 0 Å². The van der Waals surface area contributed by atoms with E-state index in [1.165, 1.54) is 6.33 Å². The molecule has 9 heteroatoms. The van der Waals surface area contributed by atoms with Gasteiger partial charge in [0.15, 0.2) is 11.5 Å². The summed E-state index contributed by atoms with van der Waals surface area (Å²) in [6.45, 7) is 4.88. The topological polar surface area (TPSA) is 68.7 Å². The van der Waals surface area contributed by atoms with Gasteiger partial charge in [-0.15, -0.1) is 0 Å². The molecule has 1 atom stereocenters. The average molecular weight is 508 g/mol. The van der Waals surface area contributed by atoms with Gasteiger partial charge in [-0.1, -0.05) is 11.6 Å². The first-order chi connectivity index (χ1) is 15.0. The predicted octanol–water partition coefficient (Wildman–Crippen LogP) is 4.82. The number of morpholine rings is 1. The lowest BCUT2D eigenvalue weighted by Gasteiger charge is -2.30. The van der Waals surface area contributed by atoms with Crippen LogP contribution in [-0.2, 0) is 4.74 Å². The molecule has 1 aliphatic rings. The second-order valence-corrected chi connectivity index (χ2v) is 8.70. The molecule has 0 radical (unpaired) electrons. The summed E-state index contributed by atoms with van der Waals surface area (Å²) in [5.74, 6) is 1.90. The highest BCUT2D eigenvalue weighted by Gasteiger charge is 2.20. The van der Waals surface area contributed by atoms with Gasteiger partial charge in [0.2, 0.25) is 0 Å². The van der Waals surface area contributed by atoms with Crippen molar-refractivity contribution in [2.45, 2.75) is 13.0 Å². The molecule has 2 aromatic carbocycles. The average Bonchev–Trinajstić information content (AvgIpc) is 2.77. The molecule has 0 aliphatic carbocycles. The molecule has 3 aromatic rings. The first-order valence-electron chi connectivity index (χ1n) is 9.93. The van der Waals surface area contributed by atoms with E-state index in [1.807, 2.05) is 31.2 Å². The summed E-state index contributed by atoms with van der Waals surface area (Å²) in [7, 11) is 3.70. The summed E-state index contributed by atoms with van der Waals surface area (Å²) in [5, 5.41) is 4.84. The van der Waals surface area contributed by atoms with Crippen molar-refractivity contribution in [3.05, 3.63) is 45.7 Å². The summed E-state index contributed by atoms with van der Waals surface area (Å²) < 4.78 is 18.3. The van der Waals surface area contributed by atoms with Crippen LogP contribution < -0.4 is 14.8 Å². The molecule has 0 amide bonds. The van der Waals surface area contributed by atoms with Crippen LogP contribution in [0, 0.1) is 6.92 Å². The number of fused-ring (bicyclic) bond motifs is 1. The number of hydrogen-bond acceptors (Lipinski definition) is 7. The molecule has 1 N–H and O–H groups in total. The molecule has 2 heterocycles. The molecule has 4 rings (SSSR count). The van der Waals surface area contributed by atoms with E-state index in [1.54, 1.807) is 7.11 Å². The third-order valence-corrected chi connectivity index (χ3v) is 6.66. The maximum absolute atomic E-state index is 6.37. The molecular weight excluding hydrogens is 484 g/mol. The zero-order valence-electron chi connectivity index (χ0n) is 17.6. The summed E-state index contributed by atoms with van der Waals surface area (Å²) in [6, 6.07) is 7.61. The van der Waals surface area contributed by atoms with E-state index in [0.29, 0.717) is 35.6 Å². The number of ether oxygens (including phenoxy) is 3. The number of nitrogens with zero attached hydrogens (tertiary/aromatic N) is 3. The first-order valence-corrected chi connectivity index (χ1v) is 11.1. The zero-order valence-corrected chi connectivity index (χ0v) is 20.0. The van der Waals surface area contributed by atoms with Crippen molar-refractivity contribution in [3.8, 4) is 11.5 Å². The van der Waals surface area contributed by atoms with Crippen molar-refractivity contribution in [1.82, 2.24) is 14.9 Å².